The summed E-state index contributed by atoms with van der Waals surface area (Å²) in [5.41, 5.74) is 0. The molecule has 1 rings (SSSR count). The van der Waals surface area contributed by atoms with E-state index in [1.807, 2.05) is 0 Å². The van der Waals surface area contributed by atoms with Crippen molar-refractivity contribution in [2.24, 2.45) is 5.92 Å². The lowest BCUT2D eigenvalue weighted by Crippen LogP contribution is -2.42. The minimum atomic E-state index is -4.31. The van der Waals surface area contributed by atoms with Crippen LogP contribution in [0.5, 0.6) is 0 Å². The predicted molar refractivity (Wildman–Crippen MR) is 60.5 cm³/mol. The van der Waals surface area contributed by atoms with Crippen LogP contribution in [-0.4, -0.2) is 49.5 Å². The number of aliphatic hydroxyl groups is 1. The van der Waals surface area contributed by atoms with E-state index in [1.165, 1.54) is 4.31 Å². The summed E-state index contributed by atoms with van der Waals surface area (Å²) in [6.45, 7) is 0.463. The Kier molecular flexibility index (Phi) is 5.42. The van der Waals surface area contributed by atoms with E-state index in [2.05, 4.69) is 0 Å². The fourth-order valence-corrected chi connectivity index (χ4v) is 3.63. The summed E-state index contributed by atoms with van der Waals surface area (Å²) in [5, 5.41) is 8.99. The van der Waals surface area contributed by atoms with E-state index in [0.717, 1.165) is 6.42 Å². The van der Waals surface area contributed by atoms with Crippen molar-refractivity contribution in [3.63, 3.8) is 0 Å². The third-order valence-corrected chi connectivity index (χ3v) is 4.92. The van der Waals surface area contributed by atoms with Crippen LogP contribution in [0.4, 0.5) is 13.2 Å². The Morgan fingerprint density at radius 2 is 2.00 bits per heavy atom. The molecule has 1 aliphatic heterocycles. The first-order chi connectivity index (χ1) is 8.24. The summed E-state index contributed by atoms with van der Waals surface area (Å²) in [6.07, 6.45) is -4.41. The molecular formula is C10H18F3NO3S. The van der Waals surface area contributed by atoms with Gasteiger partial charge in [-0.15, -0.1) is 0 Å². The molecule has 0 aromatic carbocycles. The van der Waals surface area contributed by atoms with Gasteiger partial charge in [-0.25, -0.2) is 12.7 Å². The van der Waals surface area contributed by atoms with Gasteiger partial charge in [-0.05, 0) is 25.2 Å². The Labute approximate surface area is 105 Å². The van der Waals surface area contributed by atoms with Gasteiger partial charge in [-0.2, -0.15) is 13.2 Å². The molecule has 4 nitrogen and oxygen atoms in total. The summed E-state index contributed by atoms with van der Waals surface area (Å²) in [5.74, 6) is -0.582. The van der Waals surface area contributed by atoms with Gasteiger partial charge in [0.15, 0.2) is 0 Å². The highest BCUT2D eigenvalue weighted by atomic mass is 32.2. The zero-order valence-corrected chi connectivity index (χ0v) is 10.8. The SMILES string of the molecule is O=S(=O)(CCCC(F)(F)F)N1CCCC(CO)C1. The van der Waals surface area contributed by atoms with Crippen molar-refractivity contribution in [2.75, 3.05) is 25.4 Å². The van der Waals surface area contributed by atoms with Crippen LogP contribution in [0.3, 0.4) is 0 Å². The molecule has 1 heterocycles. The molecule has 1 atom stereocenters. The van der Waals surface area contributed by atoms with Gasteiger partial charge in [0, 0.05) is 26.1 Å². The maximum atomic E-state index is 11.9. The normalized spacial score (nSPS) is 23.2. The Bertz CT molecular complexity index is 356. The van der Waals surface area contributed by atoms with Gasteiger partial charge in [0.25, 0.3) is 0 Å². The number of halogens is 3. The van der Waals surface area contributed by atoms with Crippen molar-refractivity contribution < 1.29 is 26.7 Å². The molecule has 0 aliphatic carbocycles. The maximum absolute atomic E-state index is 11.9. The molecule has 1 aliphatic rings. The van der Waals surface area contributed by atoms with E-state index in [9.17, 15) is 21.6 Å². The number of piperidine rings is 1. The first-order valence-electron chi connectivity index (χ1n) is 5.90. The van der Waals surface area contributed by atoms with Gasteiger partial charge < -0.3 is 5.11 Å². The van der Waals surface area contributed by atoms with Crippen LogP contribution in [-0.2, 0) is 10.0 Å². The molecule has 0 bridgehead atoms. The molecule has 0 aromatic rings. The summed E-state index contributed by atoms with van der Waals surface area (Å²) >= 11 is 0. The van der Waals surface area contributed by atoms with Crippen molar-refractivity contribution in [1.82, 2.24) is 4.31 Å². The Hall–Kier alpha value is -0.340. The number of sulfonamides is 1. The van der Waals surface area contributed by atoms with Crippen molar-refractivity contribution in [2.45, 2.75) is 31.9 Å². The standard InChI is InChI=1S/C10H18F3NO3S/c11-10(12,13)4-2-6-18(16,17)14-5-1-3-9(7-14)8-15/h9,15H,1-8H2. The second-order valence-electron chi connectivity index (χ2n) is 4.58. The van der Waals surface area contributed by atoms with E-state index in [-0.39, 0.29) is 19.1 Å². The van der Waals surface area contributed by atoms with Gasteiger partial charge >= 0.3 is 6.18 Å². The van der Waals surface area contributed by atoms with Crippen LogP contribution in [0.1, 0.15) is 25.7 Å². The average Bonchev–Trinajstić information content (AvgIpc) is 2.27. The first-order valence-corrected chi connectivity index (χ1v) is 7.51. The topological polar surface area (TPSA) is 57.6 Å². The van der Waals surface area contributed by atoms with Crippen molar-refractivity contribution in [3.8, 4) is 0 Å². The first kappa shape index (κ1) is 15.7. The summed E-state index contributed by atoms with van der Waals surface area (Å²) < 4.78 is 60.7. The van der Waals surface area contributed by atoms with Gasteiger partial charge in [-0.1, -0.05) is 0 Å². The monoisotopic (exact) mass is 289 g/mol. The predicted octanol–water partition coefficient (Wildman–Crippen LogP) is 1.36. The van der Waals surface area contributed by atoms with Crippen LogP contribution < -0.4 is 0 Å². The minimum absolute atomic E-state index is 0.0887. The van der Waals surface area contributed by atoms with Gasteiger partial charge in [-0.3, -0.25) is 0 Å². The smallest absolute Gasteiger partial charge is 0.389 e. The van der Waals surface area contributed by atoms with Crippen molar-refractivity contribution in [1.29, 1.82) is 0 Å². The van der Waals surface area contributed by atoms with Gasteiger partial charge in [0.2, 0.25) is 10.0 Å². The van der Waals surface area contributed by atoms with E-state index >= 15 is 0 Å². The zero-order valence-electron chi connectivity index (χ0n) is 9.99. The number of nitrogens with zero attached hydrogens (tertiary/aromatic N) is 1. The quantitative estimate of drug-likeness (QED) is 0.831. The Morgan fingerprint density at radius 1 is 1.33 bits per heavy atom. The minimum Gasteiger partial charge on any atom is -0.396 e. The molecule has 0 spiro atoms. The van der Waals surface area contributed by atoms with Crippen molar-refractivity contribution in [3.05, 3.63) is 0 Å². The fourth-order valence-electron chi connectivity index (χ4n) is 2.01. The lowest BCUT2D eigenvalue weighted by Gasteiger charge is -2.31. The summed E-state index contributed by atoms with van der Waals surface area (Å²) in [7, 11) is -3.63. The zero-order chi connectivity index (χ0) is 13.8. The molecule has 0 radical (unpaired) electrons. The third kappa shape index (κ3) is 5.11. The van der Waals surface area contributed by atoms with E-state index in [4.69, 9.17) is 5.11 Å². The van der Waals surface area contributed by atoms with Crippen LogP contribution in [0.2, 0.25) is 0 Å². The number of hydrogen-bond donors (Lipinski definition) is 1. The average molecular weight is 289 g/mol. The van der Waals surface area contributed by atoms with E-state index in [1.54, 1.807) is 0 Å². The molecule has 1 unspecified atom stereocenters. The molecular weight excluding hydrogens is 271 g/mol. The molecule has 1 N–H and O–H groups in total. The molecule has 1 fully saturated rings. The molecule has 8 heteroatoms. The number of alkyl halides is 3. The largest absolute Gasteiger partial charge is 0.396 e. The molecule has 0 amide bonds. The van der Waals surface area contributed by atoms with Gasteiger partial charge in [0.05, 0.1) is 5.75 Å². The van der Waals surface area contributed by atoms with E-state index < -0.39 is 34.8 Å². The fraction of sp³-hybridized carbons (Fsp3) is 1.00. The number of aliphatic hydroxyl groups excluding tert-OH is 1. The Balaban J connectivity index is 2.47. The van der Waals surface area contributed by atoms with Crippen LogP contribution in [0.25, 0.3) is 0 Å². The highest BCUT2D eigenvalue weighted by molar-refractivity contribution is 7.89. The van der Waals surface area contributed by atoms with Crippen LogP contribution in [0.15, 0.2) is 0 Å². The highest BCUT2D eigenvalue weighted by Gasteiger charge is 2.31. The maximum Gasteiger partial charge on any atom is 0.389 e. The lowest BCUT2D eigenvalue weighted by atomic mass is 10.0. The molecule has 18 heavy (non-hydrogen) atoms. The van der Waals surface area contributed by atoms with E-state index in [0.29, 0.717) is 13.0 Å². The molecule has 0 saturated carbocycles. The second-order valence-corrected chi connectivity index (χ2v) is 6.67. The second kappa shape index (κ2) is 6.21. The van der Waals surface area contributed by atoms with Crippen LogP contribution in [0, 0.1) is 5.92 Å². The molecule has 108 valence electrons. The van der Waals surface area contributed by atoms with Crippen LogP contribution >= 0.6 is 0 Å². The molecule has 0 aromatic heterocycles. The summed E-state index contributed by atoms with van der Waals surface area (Å²) in [4.78, 5) is 0. The highest BCUT2D eigenvalue weighted by Crippen LogP contribution is 2.23. The Morgan fingerprint density at radius 3 is 2.56 bits per heavy atom. The molecule has 1 saturated heterocycles. The number of rotatable bonds is 5. The lowest BCUT2D eigenvalue weighted by molar-refractivity contribution is -0.134. The van der Waals surface area contributed by atoms with Gasteiger partial charge in [0.1, 0.15) is 0 Å². The number of hydrogen-bond acceptors (Lipinski definition) is 3. The van der Waals surface area contributed by atoms with Crippen molar-refractivity contribution >= 4 is 10.0 Å². The third-order valence-electron chi connectivity index (χ3n) is 3.00. The summed E-state index contributed by atoms with van der Waals surface area (Å²) in [6, 6.07) is 0.